The van der Waals surface area contributed by atoms with E-state index in [0.717, 1.165) is 22.8 Å². The zero-order valence-corrected chi connectivity index (χ0v) is 24.0. The van der Waals surface area contributed by atoms with Crippen molar-refractivity contribution in [3.63, 3.8) is 0 Å². The molecule has 0 aliphatic carbocycles. The predicted octanol–water partition coefficient (Wildman–Crippen LogP) is 8.34. The molecule has 1 aliphatic rings. The Kier molecular flexibility index (Phi) is 9.35. The average molecular weight is 625 g/mol. The van der Waals surface area contributed by atoms with Crippen molar-refractivity contribution in [3.8, 4) is 5.75 Å². The average Bonchev–Trinajstić information content (AvgIpc) is 2.94. The number of nitro groups is 1. The first-order chi connectivity index (χ1) is 20.6. The molecule has 4 aromatic carbocycles. The predicted molar refractivity (Wildman–Crippen MR) is 158 cm³/mol. The zero-order chi connectivity index (χ0) is 30.5. The molecule has 1 fully saturated rings. The van der Waals surface area contributed by atoms with Crippen molar-refractivity contribution in [2.45, 2.75) is 12.5 Å². The summed E-state index contributed by atoms with van der Waals surface area (Å²) in [4.78, 5) is 25.0. The molecule has 220 valence electrons. The van der Waals surface area contributed by atoms with E-state index in [1.165, 1.54) is 36.4 Å². The molecule has 7 nitrogen and oxygen atoms in total. The molecule has 0 atom stereocenters. The van der Waals surface area contributed by atoms with Gasteiger partial charge in [-0.3, -0.25) is 15.0 Å². The van der Waals surface area contributed by atoms with Crippen LogP contribution in [0.25, 0.3) is 0 Å². The standard InChI is InChI=1S/C32H24Cl2F2N2O5/c33-25-5-1-21(2-6-25)31(22-3-7-26(34)8-4-22)37-17-24(18-37)23(13-20-14-27(35)16-28(36)15-20)19-42-32(39)43-30-11-9-29(10-12-30)38(40)41/h1-12,14-16,31H,13,17-19H2. The van der Waals surface area contributed by atoms with Gasteiger partial charge in [0.05, 0.1) is 11.0 Å². The fourth-order valence-corrected chi connectivity index (χ4v) is 5.15. The Bertz CT molecular complexity index is 1590. The minimum Gasteiger partial charge on any atom is -0.429 e. The lowest BCUT2D eigenvalue weighted by atomic mass is 9.89. The Hall–Kier alpha value is -4.31. The van der Waals surface area contributed by atoms with E-state index in [1.807, 2.05) is 48.5 Å². The number of carbonyl (C=O) groups is 1. The van der Waals surface area contributed by atoms with Crippen molar-refractivity contribution in [3.05, 3.63) is 151 Å². The van der Waals surface area contributed by atoms with Gasteiger partial charge in [-0.25, -0.2) is 13.6 Å². The molecule has 0 radical (unpaired) electrons. The lowest BCUT2D eigenvalue weighted by Crippen LogP contribution is -2.44. The number of benzene rings is 4. The molecule has 0 spiro atoms. The van der Waals surface area contributed by atoms with Crippen molar-refractivity contribution in [2.24, 2.45) is 0 Å². The fourth-order valence-electron chi connectivity index (χ4n) is 4.90. The summed E-state index contributed by atoms with van der Waals surface area (Å²) in [5.74, 6) is -1.35. The summed E-state index contributed by atoms with van der Waals surface area (Å²) in [6.45, 7) is 0.827. The van der Waals surface area contributed by atoms with Crippen LogP contribution < -0.4 is 4.74 Å². The highest BCUT2D eigenvalue weighted by Crippen LogP contribution is 2.36. The molecule has 0 aromatic heterocycles. The van der Waals surface area contributed by atoms with Crippen molar-refractivity contribution in [1.82, 2.24) is 4.90 Å². The SMILES string of the molecule is O=C(OCC(Cc1cc(F)cc(F)c1)=C1CN(C(c2ccc(Cl)cc2)c2ccc(Cl)cc2)C1)Oc1ccc([N+](=O)[O-])cc1. The molecule has 0 unspecified atom stereocenters. The maximum atomic E-state index is 14.0. The first kappa shape index (κ1) is 30.2. The van der Waals surface area contributed by atoms with Gasteiger partial charge in [0.1, 0.15) is 24.0 Å². The van der Waals surface area contributed by atoms with E-state index in [-0.39, 0.29) is 30.5 Å². The number of hydrogen-bond acceptors (Lipinski definition) is 6. The fraction of sp³-hybridized carbons (Fsp3) is 0.156. The molecule has 1 heterocycles. The van der Waals surface area contributed by atoms with Gasteiger partial charge in [-0.2, -0.15) is 0 Å². The van der Waals surface area contributed by atoms with Gasteiger partial charge in [0.25, 0.3) is 5.69 Å². The molecule has 0 saturated carbocycles. The quantitative estimate of drug-likeness (QED) is 0.0612. The maximum absolute atomic E-state index is 14.0. The second-order valence-electron chi connectivity index (χ2n) is 9.96. The number of nitrogens with zero attached hydrogens (tertiary/aromatic N) is 2. The summed E-state index contributed by atoms with van der Waals surface area (Å²) < 4.78 is 38.5. The monoisotopic (exact) mass is 624 g/mol. The van der Waals surface area contributed by atoms with Gasteiger partial charge in [-0.1, -0.05) is 47.5 Å². The second-order valence-corrected chi connectivity index (χ2v) is 10.8. The first-order valence-electron chi connectivity index (χ1n) is 13.1. The van der Waals surface area contributed by atoms with Crippen molar-refractivity contribution >= 4 is 35.0 Å². The third-order valence-corrected chi connectivity index (χ3v) is 7.48. The summed E-state index contributed by atoms with van der Waals surface area (Å²) >= 11 is 12.3. The summed E-state index contributed by atoms with van der Waals surface area (Å²) in [6, 6.07) is 23.2. The van der Waals surface area contributed by atoms with Crippen LogP contribution in [0.4, 0.5) is 19.3 Å². The molecule has 1 saturated heterocycles. The second kappa shape index (κ2) is 13.3. The van der Waals surface area contributed by atoms with Gasteiger partial charge >= 0.3 is 6.16 Å². The minimum atomic E-state index is -1.02. The summed E-state index contributed by atoms with van der Waals surface area (Å²) in [5.41, 5.74) is 3.89. The van der Waals surface area contributed by atoms with Gasteiger partial charge in [0.2, 0.25) is 0 Å². The van der Waals surface area contributed by atoms with Crippen molar-refractivity contribution < 1.29 is 28.0 Å². The lowest BCUT2D eigenvalue weighted by Gasteiger charge is -2.42. The lowest BCUT2D eigenvalue weighted by molar-refractivity contribution is -0.384. The number of ether oxygens (including phenoxy) is 2. The van der Waals surface area contributed by atoms with Crippen LogP contribution in [0.3, 0.4) is 0 Å². The topological polar surface area (TPSA) is 81.9 Å². The van der Waals surface area contributed by atoms with E-state index in [1.54, 1.807) is 0 Å². The molecular weight excluding hydrogens is 601 g/mol. The molecule has 11 heteroatoms. The van der Waals surface area contributed by atoms with Gasteiger partial charge in [-0.05, 0) is 82.8 Å². The van der Waals surface area contributed by atoms with Crippen LogP contribution in [-0.2, 0) is 11.2 Å². The van der Waals surface area contributed by atoms with E-state index in [2.05, 4.69) is 4.90 Å². The Labute approximate surface area is 256 Å². The molecule has 43 heavy (non-hydrogen) atoms. The highest BCUT2D eigenvalue weighted by molar-refractivity contribution is 6.30. The molecule has 0 N–H and O–H groups in total. The van der Waals surface area contributed by atoms with Crippen molar-refractivity contribution in [2.75, 3.05) is 19.7 Å². The van der Waals surface area contributed by atoms with Gasteiger partial charge in [0, 0.05) is 41.3 Å². The van der Waals surface area contributed by atoms with E-state index in [0.29, 0.717) is 34.3 Å². The van der Waals surface area contributed by atoms with Crippen molar-refractivity contribution in [1.29, 1.82) is 0 Å². The number of hydrogen-bond donors (Lipinski definition) is 0. The highest BCUT2D eigenvalue weighted by atomic mass is 35.5. The van der Waals surface area contributed by atoms with E-state index in [9.17, 15) is 23.7 Å². The van der Waals surface area contributed by atoms with Gasteiger partial charge in [0.15, 0.2) is 0 Å². The molecule has 4 aromatic rings. The summed E-state index contributed by atoms with van der Waals surface area (Å²) in [6.07, 6.45) is -0.872. The summed E-state index contributed by atoms with van der Waals surface area (Å²) in [5, 5.41) is 12.1. The van der Waals surface area contributed by atoms with Crippen LogP contribution in [-0.4, -0.2) is 35.7 Å². The van der Waals surface area contributed by atoms with Gasteiger partial charge in [-0.15, -0.1) is 0 Å². The number of non-ortho nitro benzene ring substituents is 1. The normalized spacial score (nSPS) is 13.0. The number of rotatable bonds is 9. The van der Waals surface area contributed by atoms with Crippen LogP contribution >= 0.6 is 23.2 Å². The summed E-state index contributed by atoms with van der Waals surface area (Å²) in [7, 11) is 0. The Balaban J connectivity index is 1.36. The zero-order valence-electron chi connectivity index (χ0n) is 22.5. The number of nitro benzene ring substituents is 1. The Morgan fingerprint density at radius 2 is 1.40 bits per heavy atom. The third-order valence-electron chi connectivity index (χ3n) is 6.98. The first-order valence-corrected chi connectivity index (χ1v) is 13.9. The van der Waals surface area contributed by atoms with Crippen LogP contribution in [0, 0.1) is 21.7 Å². The molecule has 5 rings (SSSR count). The van der Waals surface area contributed by atoms with Gasteiger partial charge < -0.3 is 9.47 Å². The Morgan fingerprint density at radius 3 is 1.91 bits per heavy atom. The molecular formula is C32H24Cl2F2N2O5. The molecule has 0 bridgehead atoms. The number of carbonyl (C=O) groups excluding carboxylic acids is 1. The molecule has 1 aliphatic heterocycles. The van der Waals surface area contributed by atoms with E-state index >= 15 is 0 Å². The molecule has 0 amide bonds. The van der Waals surface area contributed by atoms with Crippen LogP contribution in [0.5, 0.6) is 5.75 Å². The van der Waals surface area contributed by atoms with E-state index < -0.39 is 22.7 Å². The minimum absolute atomic E-state index is 0.0700. The third kappa shape index (κ3) is 7.75. The number of halogens is 4. The van der Waals surface area contributed by atoms with Crippen LogP contribution in [0.15, 0.2) is 102 Å². The smallest absolute Gasteiger partial charge is 0.429 e. The maximum Gasteiger partial charge on any atom is 0.514 e. The highest BCUT2D eigenvalue weighted by Gasteiger charge is 2.32. The Morgan fingerprint density at radius 1 is 0.860 bits per heavy atom. The van der Waals surface area contributed by atoms with Crippen LogP contribution in [0.2, 0.25) is 10.0 Å². The van der Waals surface area contributed by atoms with E-state index in [4.69, 9.17) is 32.7 Å². The number of likely N-dealkylation sites (tertiary alicyclic amines) is 1. The largest absolute Gasteiger partial charge is 0.514 e. The van der Waals surface area contributed by atoms with Crippen LogP contribution in [0.1, 0.15) is 22.7 Å².